The van der Waals surface area contributed by atoms with Gasteiger partial charge >= 0.3 is 0 Å². The Labute approximate surface area is 113 Å². The van der Waals surface area contributed by atoms with Crippen molar-refractivity contribution < 1.29 is 0 Å². The van der Waals surface area contributed by atoms with Crippen molar-refractivity contribution in [3.63, 3.8) is 0 Å². The van der Waals surface area contributed by atoms with Crippen LogP contribution in [0.1, 0.15) is 27.7 Å². The lowest BCUT2D eigenvalue weighted by molar-refractivity contribution is 0.335. The summed E-state index contributed by atoms with van der Waals surface area (Å²) in [6.45, 7) is 9.01. The number of nitrogens with zero attached hydrogens (tertiary/aromatic N) is 2. The maximum atomic E-state index is 2.45. The van der Waals surface area contributed by atoms with E-state index in [0.717, 1.165) is 5.88 Å². The number of para-hydroxylation sites is 1. The van der Waals surface area contributed by atoms with Crippen LogP contribution in [0.2, 0.25) is 0 Å². The van der Waals surface area contributed by atoms with E-state index in [1.165, 1.54) is 10.6 Å². The molecule has 1 aliphatic heterocycles. The minimum absolute atomic E-state index is 0.553. The first-order chi connectivity index (χ1) is 8.09. The molecular formula is C13H20N2S2. The summed E-state index contributed by atoms with van der Waals surface area (Å²) < 4.78 is 4.84. The van der Waals surface area contributed by atoms with Crippen LogP contribution >= 0.6 is 23.9 Å². The highest BCUT2D eigenvalue weighted by Crippen LogP contribution is 2.43. The number of anilines is 1. The molecule has 0 bridgehead atoms. The van der Waals surface area contributed by atoms with Crippen LogP contribution < -0.4 is 4.31 Å². The first-order valence-electron chi connectivity index (χ1n) is 6.05. The summed E-state index contributed by atoms with van der Waals surface area (Å²) in [6.07, 6.45) is 0. The Bertz CT molecular complexity index is 371. The summed E-state index contributed by atoms with van der Waals surface area (Å²) in [7, 11) is 0. The summed E-state index contributed by atoms with van der Waals surface area (Å²) in [5.74, 6) is 1.04. The van der Waals surface area contributed by atoms with Gasteiger partial charge in [0.15, 0.2) is 0 Å². The highest BCUT2D eigenvalue weighted by Gasteiger charge is 2.24. The van der Waals surface area contributed by atoms with Gasteiger partial charge in [-0.3, -0.25) is 4.31 Å². The normalized spacial score (nSPS) is 15.1. The van der Waals surface area contributed by atoms with Gasteiger partial charge in [-0.25, -0.2) is 4.31 Å². The van der Waals surface area contributed by atoms with Gasteiger partial charge in [0.25, 0.3) is 0 Å². The first-order valence-corrected chi connectivity index (χ1v) is 7.77. The van der Waals surface area contributed by atoms with Crippen LogP contribution in [-0.2, 0) is 0 Å². The molecule has 17 heavy (non-hydrogen) atoms. The van der Waals surface area contributed by atoms with Gasteiger partial charge in [-0.05, 0) is 39.8 Å². The van der Waals surface area contributed by atoms with E-state index in [1.807, 2.05) is 23.9 Å². The van der Waals surface area contributed by atoms with Crippen LogP contribution in [0.5, 0.6) is 0 Å². The van der Waals surface area contributed by atoms with Gasteiger partial charge in [-0.2, -0.15) is 0 Å². The van der Waals surface area contributed by atoms with Crippen molar-refractivity contribution in [1.29, 1.82) is 0 Å². The van der Waals surface area contributed by atoms with Crippen LogP contribution in [0, 0.1) is 0 Å². The monoisotopic (exact) mass is 268 g/mol. The van der Waals surface area contributed by atoms with Gasteiger partial charge in [0.05, 0.1) is 11.6 Å². The van der Waals surface area contributed by atoms with Crippen molar-refractivity contribution in [3.05, 3.63) is 24.3 Å². The topological polar surface area (TPSA) is 6.48 Å². The molecule has 0 aliphatic carbocycles. The Morgan fingerprint density at radius 3 is 2.47 bits per heavy atom. The average Bonchev–Trinajstić information content (AvgIpc) is 2.68. The van der Waals surface area contributed by atoms with Crippen LogP contribution in [0.4, 0.5) is 5.69 Å². The fourth-order valence-corrected chi connectivity index (χ4v) is 4.10. The molecule has 2 rings (SSSR count). The highest BCUT2D eigenvalue weighted by atomic mass is 32.2. The summed E-state index contributed by atoms with van der Waals surface area (Å²) in [4.78, 5) is 1.40. The third kappa shape index (κ3) is 2.92. The molecule has 1 aromatic rings. The van der Waals surface area contributed by atoms with E-state index in [9.17, 15) is 0 Å². The van der Waals surface area contributed by atoms with Gasteiger partial charge in [0, 0.05) is 29.1 Å². The van der Waals surface area contributed by atoms with E-state index >= 15 is 0 Å². The second-order valence-electron chi connectivity index (χ2n) is 4.75. The van der Waals surface area contributed by atoms with E-state index in [-0.39, 0.29) is 0 Å². The molecule has 4 heteroatoms. The Hall–Kier alpha value is -0.320. The van der Waals surface area contributed by atoms with Crippen molar-refractivity contribution >= 4 is 29.6 Å². The average molecular weight is 268 g/mol. The van der Waals surface area contributed by atoms with Gasteiger partial charge in [0.2, 0.25) is 0 Å². The minimum atomic E-state index is 0.553. The van der Waals surface area contributed by atoms with Crippen molar-refractivity contribution in [3.8, 4) is 0 Å². The van der Waals surface area contributed by atoms with Gasteiger partial charge in [0.1, 0.15) is 0 Å². The quantitative estimate of drug-likeness (QED) is 0.753. The molecule has 0 atom stereocenters. The molecule has 0 radical (unpaired) electrons. The lowest BCUT2D eigenvalue weighted by atomic mass is 10.3. The molecule has 1 heterocycles. The Morgan fingerprint density at radius 2 is 1.82 bits per heavy atom. The summed E-state index contributed by atoms with van der Waals surface area (Å²) in [6, 6.07) is 9.75. The van der Waals surface area contributed by atoms with E-state index < -0.39 is 0 Å². The van der Waals surface area contributed by atoms with Crippen molar-refractivity contribution in [2.24, 2.45) is 0 Å². The van der Waals surface area contributed by atoms with Crippen LogP contribution in [0.15, 0.2) is 29.2 Å². The van der Waals surface area contributed by atoms with Gasteiger partial charge in [-0.15, -0.1) is 11.8 Å². The molecule has 94 valence electrons. The second-order valence-corrected chi connectivity index (χ2v) is 6.76. The summed E-state index contributed by atoms with van der Waals surface area (Å²) in [5, 5.41) is 0. The van der Waals surface area contributed by atoms with Crippen molar-refractivity contribution in [2.45, 2.75) is 44.7 Å². The van der Waals surface area contributed by atoms with Gasteiger partial charge in [-0.1, -0.05) is 12.1 Å². The zero-order valence-electron chi connectivity index (χ0n) is 10.9. The van der Waals surface area contributed by atoms with Crippen LogP contribution in [0.3, 0.4) is 0 Å². The van der Waals surface area contributed by atoms with E-state index in [0.29, 0.717) is 12.1 Å². The number of rotatable bonds is 4. The molecule has 1 aliphatic rings. The predicted octanol–water partition coefficient (Wildman–Crippen LogP) is 4.24. The molecule has 0 saturated heterocycles. The molecule has 2 nitrogen and oxygen atoms in total. The van der Waals surface area contributed by atoms with Crippen molar-refractivity contribution in [2.75, 3.05) is 10.2 Å². The zero-order chi connectivity index (χ0) is 12.4. The third-order valence-electron chi connectivity index (χ3n) is 2.68. The summed E-state index contributed by atoms with van der Waals surface area (Å²) >= 11 is 3.78. The molecular weight excluding hydrogens is 248 g/mol. The molecule has 0 N–H and O–H groups in total. The molecule has 0 fully saturated rings. The maximum Gasteiger partial charge on any atom is 0.0810 e. The number of fused-ring (bicyclic) bond motifs is 1. The predicted molar refractivity (Wildman–Crippen MR) is 79.3 cm³/mol. The second kappa shape index (κ2) is 5.55. The van der Waals surface area contributed by atoms with E-state index in [2.05, 4.69) is 60.6 Å². The largest absolute Gasteiger partial charge is 0.292 e. The molecule has 0 spiro atoms. The van der Waals surface area contributed by atoms with Crippen molar-refractivity contribution in [1.82, 2.24) is 4.31 Å². The lowest BCUT2D eigenvalue weighted by Crippen LogP contribution is -2.34. The smallest absolute Gasteiger partial charge is 0.0810 e. The molecule has 0 aromatic heterocycles. The Morgan fingerprint density at radius 1 is 1.18 bits per heavy atom. The first kappa shape index (κ1) is 13.1. The van der Waals surface area contributed by atoms with E-state index in [4.69, 9.17) is 0 Å². The molecule has 0 unspecified atom stereocenters. The number of thioether (sulfide) groups is 1. The zero-order valence-corrected chi connectivity index (χ0v) is 12.5. The highest BCUT2D eigenvalue weighted by molar-refractivity contribution is 8.03. The molecule has 0 amide bonds. The Kier molecular flexibility index (Phi) is 4.28. The number of benzene rings is 1. The molecule has 0 saturated carbocycles. The summed E-state index contributed by atoms with van der Waals surface area (Å²) in [5.41, 5.74) is 1.36. The number of hydrogen-bond acceptors (Lipinski definition) is 4. The molecule has 1 aromatic carbocycles. The maximum absolute atomic E-state index is 2.45. The Balaban J connectivity index is 2.10. The fourth-order valence-electron chi connectivity index (χ4n) is 1.95. The fraction of sp³-hybridized carbons (Fsp3) is 0.538. The third-order valence-corrected chi connectivity index (χ3v) is 5.44. The standard InChI is InChI=1S/C13H20N2S2/c1-10(2)15(11(3)4)17-14-9-16-13-8-6-5-7-12(13)14/h5-8,10-11H,9H2,1-4H3. The lowest BCUT2D eigenvalue weighted by Gasteiger charge is -2.32. The van der Waals surface area contributed by atoms with Crippen LogP contribution in [0.25, 0.3) is 0 Å². The number of hydrogen-bond donors (Lipinski definition) is 0. The van der Waals surface area contributed by atoms with Crippen LogP contribution in [-0.4, -0.2) is 22.3 Å². The SMILES string of the molecule is CC(C)N(SN1CSc2ccccc21)C(C)C. The minimum Gasteiger partial charge on any atom is -0.292 e. The van der Waals surface area contributed by atoms with E-state index in [1.54, 1.807) is 0 Å². The van der Waals surface area contributed by atoms with Gasteiger partial charge < -0.3 is 0 Å².